The Morgan fingerprint density at radius 2 is 1.88 bits per heavy atom. The molecule has 7 heteroatoms. The lowest BCUT2D eigenvalue weighted by atomic mass is 10.3. The summed E-state index contributed by atoms with van der Waals surface area (Å²) in [6.45, 7) is 4.38. The highest BCUT2D eigenvalue weighted by molar-refractivity contribution is 7.99. The first kappa shape index (κ1) is 18.4. The fourth-order valence-electron chi connectivity index (χ4n) is 2.94. The number of nitrogens with one attached hydrogen (secondary N) is 1. The maximum Gasteiger partial charge on any atom is 0.321 e. The van der Waals surface area contributed by atoms with Crippen molar-refractivity contribution in [2.45, 2.75) is 18.2 Å². The van der Waals surface area contributed by atoms with Gasteiger partial charge in [-0.25, -0.2) is 4.79 Å². The molecule has 0 saturated carbocycles. The number of nitrogens with zero attached hydrogens (tertiary/aromatic N) is 2. The second-order valence-electron chi connectivity index (χ2n) is 6.00. The summed E-state index contributed by atoms with van der Waals surface area (Å²) in [5.74, 6) is 0.896. The summed E-state index contributed by atoms with van der Waals surface area (Å²) in [5.41, 5.74) is 1.38. The molecule has 2 aromatic rings. The van der Waals surface area contributed by atoms with E-state index < -0.39 is 0 Å². The summed E-state index contributed by atoms with van der Waals surface area (Å²) < 4.78 is 4.99. The predicted octanol–water partition coefficient (Wildman–Crippen LogP) is 3.77. The molecule has 1 aliphatic rings. The largest absolute Gasteiger partial charge is 0.472 e. The third-order valence-electron chi connectivity index (χ3n) is 4.27. The van der Waals surface area contributed by atoms with Gasteiger partial charge in [-0.15, -0.1) is 11.8 Å². The molecule has 1 aromatic carbocycles. The number of hydrogen-bond donors (Lipinski definition) is 1. The first-order valence-electron chi connectivity index (χ1n) is 8.78. The quantitative estimate of drug-likeness (QED) is 0.829. The lowest BCUT2D eigenvalue weighted by molar-refractivity contribution is 0.0762. The van der Waals surface area contributed by atoms with E-state index in [1.54, 1.807) is 27.6 Å². The number of amides is 3. The minimum absolute atomic E-state index is 0.0503. The normalized spacial score (nSPS) is 14.8. The maximum absolute atomic E-state index is 12.7. The smallest absolute Gasteiger partial charge is 0.321 e. The van der Waals surface area contributed by atoms with E-state index in [2.05, 4.69) is 12.2 Å². The molecule has 0 aliphatic carbocycles. The van der Waals surface area contributed by atoms with Gasteiger partial charge in [-0.05, 0) is 30.4 Å². The van der Waals surface area contributed by atoms with Gasteiger partial charge < -0.3 is 19.5 Å². The van der Waals surface area contributed by atoms with Gasteiger partial charge in [-0.1, -0.05) is 19.1 Å². The van der Waals surface area contributed by atoms with E-state index in [0.717, 1.165) is 22.8 Å². The molecule has 26 heavy (non-hydrogen) atoms. The van der Waals surface area contributed by atoms with Crippen LogP contribution in [-0.2, 0) is 0 Å². The molecule has 138 valence electrons. The third-order valence-corrected chi connectivity index (χ3v) is 5.22. The van der Waals surface area contributed by atoms with Crippen LogP contribution in [0.1, 0.15) is 23.7 Å². The first-order chi connectivity index (χ1) is 12.7. The lowest BCUT2D eigenvalue weighted by Gasteiger charge is -2.22. The Bertz CT molecular complexity index is 748. The van der Waals surface area contributed by atoms with Crippen LogP contribution in [0.4, 0.5) is 10.5 Å². The number of thioether (sulfide) groups is 1. The Kier molecular flexibility index (Phi) is 6.22. The van der Waals surface area contributed by atoms with Gasteiger partial charge in [0.2, 0.25) is 0 Å². The van der Waals surface area contributed by atoms with E-state index in [4.69, 9.17) is 4.42 Å². The van der Waals surface area contributed by atoms with Crippen LogP contribution in [0.5, 0.6) is 0 Å². The Morgan fingerprint density at radius 1 is 1.12 bits per heavy atom. The zero-order valence-electron chi connectivity index (χ0n) is 14.8. The second kappa shape index (κ2) is 8.80. The number of anilines is 1. The monoisotopic (exact) mass is 373 g/mol. The van der Waals surface area contributed by atoms with E-state index in [9.17, 15) is 9.59 Å². The number of urea groups is 1. The number of hydrogen-bond acceptors (Lipinski definition) is 4. The second-order valence-corrected chi connectivity index (χ2v) is 7.31. The van der Waals surface area contributed by atoms with E-state index in [1.807, 2.05) is 24.3 Å². The summed E-state index contributed by atoms with van der Waals surface area (Å²) >= 11 is 1.70. The fourth-order valence-corrected chi connectivity index (χ4v) is 3.70. The minimum atomic E-state index is -0.119. The van der Waals surface area contributed by atoms with Crippen LogP contribution in [-0.4, -0.2) is 53.7 Å². The van der Waals surface area contributed by atoms with Crippen LogP contribution in [0.2, 0.25) is 0 Å². The highest BCUT2D eigenvalue weighted by Crippen LogP contribution is 2.27. The maximum atomic E-state index is 12.7. The predicted molar refractivity (Wildman–Crippen MR) is 103 cm³/mol. The van der Waals surface area contributed by atoms with Crippen molar-refractivity contribution < 1.29 is 14.0 Å². The van der Waals surface area contributed by atoms with Gasteiger partial charge in [0, 0.05) is 31.1 Å². The van der Waals surface area contributed by atoms with Crippen molar-refractivity contribution in [2.75, 3.05) is 37.2 Å². The number of carbonyl (C=O) groups is 2. The molecule has 6 nitrogen and oxygen atoms in total. The zero-order chi connectivity index (χ0) is 18.4. The molecule has 1 aromatic heterocycles. The molecule has 0 spiro atoms. The molecule has 2 heterocycles. The van der Waals surface area contributed by atoms with Crippen LogP contribution >= 0.6 is 11.8 Å². The number of para-hydroxylation sites is 1. The summed E-state index contributed by atoms with van der Waals surface area (Å²) in [4.78, 5) is 29.7. The molecule has 3 amide bonds. The minimum Gasteiger partial charge on any atom is -0.472 e. The molecule has 0 bridgehead atoms. The molecular formula is C19H23N3O3S. The third kappa shape index (κ3) is 4.40. The molecule has 0 radical (unpaired) electrons. The zero-order valence-corrected chi connectivity index (χ0v) is 15.6. The van der Waals surface area contributed by atoms with E-state index in [0.29, 0.717) is 31.7 Å². The Balaban J connectivity index is 1.60. The Labute approximate surface area is 157 Å². The molecule has 0 unspecified atom stereocenters. The van der Waals surface area contributed by atoms with Crippen molar-refractivity contribution in [3.05, 3.63) is 48.4 Å². The number of benzene rings is 1. The summed E-state index contributed by atoms with van der Waals surface area (Å²) in [6, 6.07) is 9.37. The molecule has 3 rings (SSSR count). The average molecular weight is 373 g/mol. The average Bonchev–Trinajstić information content (AvgIpc) is 3.07. The molecule has 1 aliphatic heterocycles. The highest BCUT2D eigenvalue weighted by Gasteiger charge is 2.23. The van der Waals surface area contributed by atoms with Gasteiger partial charge in [0.1, 0.15) is 6.26 Å². The van der Waals surface area contributed by atoms with Gasteiger partial charge in [0.25, 0.3) is 5.91 Å². The van der Waals surface area contributed by atoms with E-state index in [1.165, 1.54) is 12.5 Å². The summed E-state index contributed by atoms with van der Waals surface area (Å²) in [7, 11) is 0. The van der Waals surface area contributed by atoms with E-state index in [-0.39, 0.29) is 11.9 Å². The molecule has 1 saturated heterocycles. The van der Waals surface area contributed by atoms with Crippen LogP contribution in [0.25, 0.3) is 0 Å². The van der Waals surface area contributed by atoms with Crippen molar-refractivity contribution in [2.24, 2.45) is 0 Å². The SMILES string of the molecule is CCSc1ccccc1NC(=O)N1CCCN(C(=O)c2ccoc2)CC1. The molecular weight excluding hydrogens is 350 g/mol. The van der Waals surface area contributed by atoms with Gasteiger partial charge in [-0.3, -0.25) is 4.79 Å². The standard InChI is InChI=1S/C19H23N3O3S/c1-2-26-17-7-4-3-6-16(17)20-19(24)22-10-5-9-21(11-12-22)18(23)15-8-13-25-14-15/h3-4,6-8,13-14H,2,5,9-12H2,1H3,(H,20,24). The number of rotatable bonds is 4. The van der Waals surface area contributed by atoms with Crippen molar-refractivity contribution >= 4 is 29.4 Å². The van der Waals surface area contributed by atoms with Crippen molar-refractivity contribution in [3.8, 4) is 0 Å². The van der Waals surface area contributed by atoms with E-state index >= 15 is 0 Å². The van der Waals surface area contributed by atoms with Crippen LogP contribution in [0.15, 0.2) is 52.2 Å². The van der Waals surface area contributed by atoms with Gasteiger partial charge >= 0.3 is 6.03 Å². The molecule has 1 fully saturated rings. The summed E-state index contributed by atoms with van der Waals surface area (Å²) in [6.07, 6.45) is 3.71. The summed E-state index contributed by atoms with van der Waals surface area (Å²) in [5, 5.41) is 3.01. The highest BCUT2D eigenvalue weighted by atomic mass is 32.2. The Hall–Kier alpha value is -2.41. The number of furan rings is 1. The van der Waals surface area contributed by atoms with Crippen molar-refractivity contribution in [1.82, 2.24) is 9.80 Å². The van der Waals surface area contributed by atoms with Crippen LogP contribution < -0.4 is 5.32 Å². The first-order valence-corrected chi connectivity index (χ1v) is 9.77. The van der Waals surface area contributed by atoms with Gasteiger partial charge in [0.15, 0.2) is 0 Å². The lowest BCUT2D eigenvalue weighted by Crippen LogP contribution is -2.39. The van der Waals surface area contributed by atoms with Gasteiger partial charge in [0.05, 0.1) is 17.5 Å². The van der Waals surface area contributed by atoms with Crippen molar-refractivity contribution in [3.63, 3.8) is 0 Å². The van der Waals surface area contributed by atoms with Crippen LogP contribution in [0.3, 0.4) is 0 Å². The Morgan fingerprint density at radius 3 is 2.65 bits per heavy atom. The topological polar surface area (TPSA) is 65.8 Å². The molecule has 0 atom stereocenters. The molecule has 1 N–H and O–H groups in total. The van der Waals surface area contributed by atoms with Crippen LogP contribution in [0, 0.1) is 0 Å². The number of carbonyl (C=O) groups excluding carboxylic acids is 2. The van der Waals surface area contributed by atoms with Crippen molar-refractivity contribution in [1.29, 1.82) is 0 Å². The van der Waals surface area contributed by atoms with Gasteiger partial charge in [-0.2, -0.15) is 0 Å². The fraction of sp³-hybridized carbons (Fsp3) is 0.368.